The minimum absolute atomic E-state index is 0.141. The highest BCUT2D eigenvalue weighted by Crippen LogP contribution is 2.23. The first kappa shape index (κ1) is 12.9. The fraction of sp³-hybridized carbons (Fsp3) is 0.692. The number of hydrogen-bond acceptors (Lipinski definition) is 3. The van der Waals surface area contributed by atoms with Crippen LogP contribution in [-0.2, 0) is 4.79 Å². The lowest BCUT2D eigenvalue weighted by molar-refractivity contribution is -0.136. The summed E-state index contributed by atoms with van der Waals surface area (Å²) in [6.07, 6.45) is 4.76. The van der Waals surface area contributed by atoms with Crippen LogP contribution in [0.5, 0.6) is 0 Å². The lowest BCUT2D eigenvalue weighted by Crippen LogP contribution is -2.41. The van der Waals surface area contributed by atoms with Crippen molar-refractivity contribution in [1.82, 2.24) is 14.7 Å². The zero-order valence-electron chi connectivity index (χ0n) is 11.2. The lowest BCUT2D eigenvalue weighted by atomic mass is 10.0. The molecule has 1 unspecified atom stereocenters. The van der Waals surface area contributed by atoms with Crippen LogP contribution in [0.15, 0.2) is 12.3 Å². The SMILES string of the molecule is CCC(C)C(=O)N1CCC(n2ccc(N)n2)CC1. The first-order valence-electron chi connectivity index (χ1n) is 6.71. The van der Waals surface area contributed by atoms with Crippen LogP contribution >= 0.6 is 0 Å². The second-order valence-corrected chi connectivity index (χ2v) is 5.09. The van der Waals surface area contributed by atoms with Gasteiger partial charge in [0, 0.05) is 25.2 Å². The maximum absolute atomic E-state index is 12.1. The highest BCUT2D eigenvalue weighted by molar-refractivity contribution is 5.78. The van der Waals surface area contributed by atoms with Crippen LogP contribution in [0.2, 0.25) is 0 Å². The molecule has 5 nitrogen and oxygen atoms in total. The zero-order chi connectivity index (χ0) is 13.1. The third-order valence-corrected chi connectivity index (χ3v) is 3.81. The van der Waals surface area contributed by atoms with Gasteiger partial charge in [0.1, 0.15) is 5.82 Å². The summed E-state index contributed by atoms with van der Waals surface area (Å²) in [7, 11) is 0. The zero-order valence-corrected chi connectivity index (χ0v) is 11.2. The Kier molecular flexibility index (Phi) is 3.89. The number of anilines is 1. The van der Waals surface area contributed by atoms with Gasteiger partial charge in [0.15, 0.2) is 0 Å². The summed E-state index contributed by atoms with van der Waals surface area (Å²) in [4.78, 5) is 14.0. The molecule has 0 saturated carbocycles. The van der Waals surface area contributed by atoms with Gasteiger partial charge in [-0.05, 0) is 25.3 Å². The van der Waals surface area contributed by atoms with Gasteiger partial charge in [-0.2, -0.15) is 5.10 Å². The standard InChI is InChI=1S/C13H22N4O/c1-3-10(2)13(18)16-7-4-11(5-8-16)17-9-6-12(14)15-17/h6,9-11H,3-5,7-8H2,1-2H3,(H2,14,15). The van der Waals surface area contributed by atoms with Crippen molar-refractivity contribution in [1.29, 1.82) is 0 Å². The number of amides is 1. The molecule has 1 fully saturated rings. The Morgan fingerprint density at radius 1 is 1.56 bits per heavy atom. The fourth-order valence-electron chi connectivity index (χ4n) is 2.39. The van der Waals surface area contributed by atoms with Gasteiger partial charge in [0.2, 0.25) is 5.91 Å². The largest absolute Gasteiger partial charge is 0.382 e. The molecule has 2 N–H and O–H groups in total. The number of carbonyl (C=O) groups excluding carboxylic acids is 1. The Bertz CT molecular complexity index is 407. The lowest BCUT2D eigenvalue weighted by Gasteiger charge is -2.33. The van der Waals surface area contributed by atoms with Crippen LogP contribution in [0, 0.1) is 5.92 Å². The number of hydrogen-bond donors (Lipinski definition) is 1. The number of piperidine rings is 1. The van der Waals surface area contributed by atoms with E-state index in [1.807, 2.05) is 28.8 Å². The molecule has 0 spiro atoms. The topological polar surface area (TPSA) is 64.2 Å². The van der Waals surface area contributed by atoms with Gasteiger partial charge in [-0.15, -0.1) is 0 Å². The van der Waals surface area contributed by atoms with E-state index in [1.54, 1.807) is 0 Å². The van der Waals surface area contributed by atoms with E-state index in [9.17, 15) is 4.79 Å². The summed E-state index contributed by atoms with van der Waals surface area (Å²) in [6.45, 7) is 5.71. The van der Waals surface area contributed by atoms with Crippen LogP contribution in [-0.4, -0.2) is 33.7 Å². The van der Waals surface area contributed by atoms with E-state index in [2.05, 4.69) is 12.0 Å². The summed E-state index contributed by atoms with van der Waals surface area (Å²) < 4.78 is 1.93. The highest BCUT2D eigenvalue weighted by atomic mass is 16.2. The summed E-state index contributed by atoms with van der Waals surface area (Å²) in [5, 5.41) is 4.25. The van der Waals surface area contributed by atoms with Crippen molar-refractivity contribution >= 4 is 11.7 Å². The van der Waals surface area contributed by atoms with Gasteiger partial charge in [-0.1, -0.05) is 13.8 Å². The van der Waals surface area contributed by atoms with E-state index in [0.717, 1.165) is 32.4 Å². The van der Waals surface area contributed by atoms with Crippen molar-refractivity contribution in [3.05, 3.63) is 12.3 Å². The van der Waals surface area contributed by atoms with Crippen molar-refractivity contribution in [2.45, 2.75) is 39.2 Å². The van der Waals surface area contributed by atoms with E-state index in [4.69, 9.17) is 5.73 Å². The fourth-order valence-corrected chi connectivity index (χ4v) is 2.39. The number of rotatable bonds is 3. The molecule has 2 heterocycles. The van der Waals surface area contributed by atoms with Crippen molar-refractivity contribution in [3.8, 4) is 0 Å². The van der Waals surface area contributed by atoms with Gasteiger partial charge >= 0.3 is 0 Å². The number of likely N-dealkylation sites (tertiary alicyclic amines) is 1. The average Bonchev–Trinajstić information content (AvgIpc) is 2.84. The Hall–Kier alpha value is -1.52. The molecule has 1 atom stereocenters. The molecule has 5 heteroatoms. The van der Waals surface area contributed by atoms with Gasteiger partial charge in [-0.25, -0.2) is 0 Å². The van der Waals surface area contributed by atoms with Crippen LogP contribution in [0.3, 0.4) is 0 Å². The number of nitrogens with two attached hydrogens (primary N) is 1. The predicted octanol–water partition coefficient (Wildman–Crippen LogP) is 1.67. The molecule has 1 aliphatic heterocycles. The molecule has 100 valence electrons. The average molecular weight is 250 g/mol. The summed E-state index contributed by atoms with van der Waals surface area (Å²) in [5.74, 6) is 0.992. The normalized spacial score (nSPS) is 18.9. The Morgan fingerprint density at radius 3 is 2.72 bits per heavy atom. The second kappa shape index (κ2) is 5.42. The Balaban J connectivity index is 1.90. The van der Waals surface area contributed by atoms with Crippen LogP contribution in [0.1, 0.15) is 39.2 Å². The molecule has 1 aromatic rings. The Morgan fingerprint density at radius 2 is 2.22 bits per heavy atom. The van der Waals surface area contributed by atoms with Crippen molar-refractivity contribution in [3.63, 3.8) is 0 Å². The highest BCUT2D eigenvalue weighted by Gasteiger charge is 2.26. The molecular weight excluding hydrogens is 228 g/mol. The van der Waals surface area contributed by atoms with E-state index in [-0.39, 0.29) is 11.8 Å². The van der Waals surface area contributed by atoms with Crippen molar-refractivity contribution < 1.29 is 4.79 Å². The van der Waals surface area contributed by atoms with Crippen LogP contribution in [0.25, 0.3) is 0 Å². The molecule has 0 radical (unpaired) electrons. The molecule has 1 amide bonds. The quantitative estimate of drug-likeness (QED) is 0.887. The predicted molar refractivity (Wildman–Crippen MR) is 70.9 cm³/mol. The molecule has 0 aliphatic carbocycles. The Labute approximate surface area is 108 Å². The summed E-state index contributed by atoms with van der Waals surface area (Å²) in [5.41, 5.74) is 5.62. The third-order valence-electron chi connectivity index (χ3n) is 3.81. The molecule has 1 saturated heterocycles. The monoisotopic (exact) mass is 250 g/mol. The van der Waals surface area contributed by atoms with E-state index in [0.29, 0.717) is 11.9 Å². The van der Waals surface area contributed by atoms with Gasteiger partial charge in [0.25, 0.3) is 0 Å². The third kappa shape index (κ3) is 2.66. The molecule has 0 aromatic carbocycles. The van der Waals surface area contributed by atoms with Crippen LogP contribution in [0.4, 0.5) is 5.82 Å². The minimum Gasteiger partial charge on any atom is -0.382 e. The van der Waals surface area contributed by atoms with E-state index >= 15 is 0 Å². The van der Waals surface area contributed by atoms with Gasteiger partial charge in [0.05, 0.1) is 6.04 Å². The minimum atomic E-state index is 0.141. The van der Waals surface area contributed by atoms with Crippen molar-refractivity contribution in [2.24, 2.45) is 5.92 Å². The number of carbonyl (C=O) groups is 1. The number of aromatic nitrogens is 2. The smallest absolute Gasteiger partial charge is 0.225 e. The molecular formula is C13H22N4O. The first-order valence-corrected chi connectivity index (χ1v) is 6.71. The number of nitrogen functional groups attached to an aromatic ring is 1. The molecule has 1 aliphatic rings. The maximum atomic E-state index is 12.1. The van der Waals surface area contributed by atoms with Gasteiger partial charge < -0.3 is 10.6 Å². The van der Waals surface area contributed by atoms with E-state index < -0.39 is 0 Å². The maximum Gasteiger partial charge on any atom is 0.225 e. The molecule has 18 heavy (non-hydrogen) atoms. The first-order chi connectivity index (χ1) is 8.61. The summed E-state index contributed by atoms with van der Waals surface area (Å²) >= 11 is 0. The molecule has 1 aromatic heterocycles. The summed E-state index contributed by atoms with van der Waals surface area (Å²) in [6, 6.07) is 2.19. The van der Waals surface area contributed by atoms with Crippen LogP contribution < -0.4 is 5.73 Å². The number of nitrogens with zero attached hydrogens (tertiary/aromatic N) is 3. The second-order valence-electron chi connectivity index (χ2n) is 5.09. The molecule has 0 bridgehead atoms. The molecule has 2 rings (SSSR count). The van der Waals surface area contributed by atoms with Crippen molar-refractivity contribution in [2.75, 3.05) is 18.8 Å². The van der Waals surface area contributed by atoms with Gasteiger partial charge in [-0.3, -0.25) is 9.48 Å². The van der Waals surface area contributed by atoms with E-state index in [1.165, 1.54) is 0 Å².